The second kappa shape index (κ2) is 10.5. The number of carboxylic acid groups (broad SMARTS) is 1. The number of rotatable bonds is 5. The maximum absolute atomic E-state index is 11.3. The molecule has 6 nitrogen and oxygen atoms in total. The van der Waals surface area contributed by atoms with Gasteiger partial charge in [-0.1, -0.05) is 20.8 Å². The third-order valence-corrected chi connectivity index (χ3v) is 2.01. The number of alkyl carbamates (subject to hydrolysis) is 1. The number of hydrogen-bond acceptors (Lipinski definition) is 4. The number of carboxylic acids is 1. The molecule has 0 aliphatic heterocycles. The average Bonchev–Trinajstić information content (AvgIpc) is 2.24. The molecule has 0 saturated carbocycles. The van der Waals surface area contributed by atoms with Gasteiger partial charge in [-0.15, -0.1) is 0 Å². The highest BCUT2D eigenvalue weighted by molar-refractivity contribution is 5.80. The lowest BCUT2D eigenvalue weighted by atomic mass is 10.1. The fourth-order valence-corrected chi connectivity index (χ4v) is 1.15. The summed E-state index contributed by atoms with van der Waals surface area (Å²) in [5.74, 6) is -1.24. The highest BCUT2D eigenvalue weighted by atomic mass is 16.6. The van der Waals surface area contributed by atoms with Crippen LogP contribution in [0.4, 0.5) is 4.79 Å². The van der Waals surface area contributed by atoms with Gasteiger partial charge in [-0.2, -0.15) is 0 Å². The van der Waals surface area contributed by atoms with Crippen LogP contribution in [0.15, 0.2) is 0 Å². The number of hydrogen-bond donors (Lipinski definition) is 2. The zero-order valence-electron chi connectivity index (χ0n) is 13.6. The molecular weight excluding hydrogens is 262 g/mol. The number of methoxy groups -OCH3 is 1. The Morgan fingerprint density at radius 1 is 1.25 bits per heavy atom. The third-order valence-electron chi connectivity index (χ3n) is 2.01. The number of amides is 1. The zero-order valence-corrected chi connectivity index (χ0v) is 13.6. The van der Waals surface area contributed by atoms with Crippen molar-refractivity contribution in [1.29, 1.82) is 0 Å². The molecule has 20 heavy (non-hydrogen) atoms. The van der Waals surface area contributed by atoms with Crippen LogP contribution in [-0.4, -0.2) is 42.5 Å². The molecule has 1 atom stereocenters. The summed E-state index contributed by atoms with van der Waals surface area (Å²) in [7, 11) is 1.71. The van der Waals surface area contributed by atoms with Gasteiger partial charge in [-0.25, -0.2) is 9.59 Å². The summed E-state index contributed by atoms with van der Waals surface area (Å²) in [5, 5.41) is 11.1. The van der Waals surface area contributed by atoms with Crippen molar-refractivity contribution in [3.63, 3.8) is 0 Å². The lowest BCUT2D eigenvalue weighted by Crippen LogP contribution is -2.46. The molecule has 1 amide bonds. The first-order chi connectivity index (χ1) is 9.05. The molecule has 0 saturated heterocycles. The molecule has 6 heteroatoms. The van der Waals surface area contributed by atoms with Crippen molar-refractivity contribution in [3.05, 3.63) is 0 Å². The molecule has 120 valence electrons. The minimum Gasteiger partial charge on any atom is -0.480 e. The van der Waals surface area contributed by atoms with Gasteiger partial charge in [0, 0.05) is 13.7 Å². The number of carbonyl (C=O) groups is 2. The lowest BCUT2D eigenvalue weighted by molar-refractivity contribution is -0.140. The maximum atomic E-state index is 11.3. The minimum absolute atomic E-state index is 0.185. The van der Waals surface area contributed by atoms with E-state index in [9.17, 15) is 9.59 Å². The topological polar surface area (TPSA) is 84.9 Å². The Bertz CT molecular complexity index is 282. The molecule has 0 fully saturated rings. The van der Waals surface area contributed by atoms with Gasteiger partial charge in [0.15, 0.2) is 0 Å². The first-order valence-corrected chi connectivity index (χ1v) is 6.76. The van der Waals surface area contributed by atoms with E-state index in [2.05, 4.69) is 12.2 Å². The standard InChI is InChI=1S/C10H19NO4.C4H10O/c1-6(2)7(8(12)13)11-9(14)15-10(3,4)5;1-3-4-5-2/h6-7H,1-5H3,(H,11,14)(H,12,13);3-4H2,1-2H3. The largest absolute Gasteiger partial charge is 0.480 e. The summed E-state index contributed by atoms with van der Waals surface area (Å²) < 4.78 is 9.65. The Kier molecular flexibility index (Phi) is 11.0. The zero-order chi connectivity index (χ0) is 16.3. The van der Waals surface area contributed by atoms with Gasteiger partial charge in [0.2, 0.25) is 0 Å². The van der Waals surface area contributed by atoms with Crippen molar-refractivity contribution in [3.8, 4) is 0 Å². The molecule has 0 aromatic rings. The predicted molar refractivity (Wildman–Crippen MR) is 77.8 cm³/mol. The van der Waals surface area contributed by atoms with E-state index in [1.54, 1.807) is 41.7 Å². The number of carbonyl (C=O) groups excluding carboxylic acids is 1. The molecule has 0 aliphatic carbocycles. The molecule has 0 rings (SSSR count). The van der Waals surface area contributed by atoms with Crippen LogP contribution in [0.25, 0.3) is 0 Å². The van der Waals surface area contributed by atoms with E-state index >= 15 is 0 Å². The SMILES string of the molecule is CC(C)C(NC(=O)OC(C)(C)C)C(=O)O.CCCOC. The fraction of sp³-hybridized carbons (Fsp3) is 0.857. The number of ether oxygens (including phenoxy) is 2. The van der Waals surface area contributed by atoms with Crippen molar-refractivity contribution in [2.45, 2.75) is 59.6 Å². The van der Waals surface area contributed by atoms with Crippen LogP contribution in [0.5, 0.6) is 0 Å². The van der Waals surface area contributed by atoms with Crippen molar-refractivity contribution < 1.29 is 24.2 Å². The quantitative estimate of drug-likeness (QED) is 0.813. The van der Waals surface area contributed by atoms with Crippen LogP contribution in [-0.2, 0) is 14.3 Å². The van der Waals surface area contributed by atoms with Crippen molar-refractivity contribution >= 4 is 12.1 Å². The third kappa shape index (κ3) is 13.1. The van der Waals surface area contributed by atoms with E-state index in [1.807, 2.05) is 0 Å². The number of aliphatic carboxylic acids is 1. The van der Waals surface area contributed by atoms with Gasteiger partial charge < -0.3 is 19.9 Å². The maximum Gasteiger partial charge on any atom is 0.408 e. The highest BCUT2D eigenvalue weighted by Crippen LogP contribution is 2.08. The molecule has 0 radical (unpaired) electrons. The predicted octanol–water partition coefficient (Wildman–Crippen LogP) is 2.66. The van der Waals surface area contributed by atoms with E-state index in [-0.39, 0.29) is 5.92 Å². The van der Waals surface area contributed by atoms with Gasteiger partial charge >= 0.3 is 12.1 Å². The Morgan fingerprint density at radius 2 is 1.75 bits per heavy atom. The summed E-state index contributed by atoms with van der Waals surface area (Å²) in [6.45, 7) is 11.6. The highest BCUT2D eigenvalue weighted by Gasteiger charge is 2.26. The van der Waals surface area contributed by atoms with Gasteiger partial charge in [0.25, 0.3) is 0 Å². The van der Waals surface area contributed by atoms with E-state index in [1.165, 1.54) is 0 Å². The Hall–Kier alpha value is -1.30. The van der Waals surface area contributed by atoms with Gasteiger partial charge in [-0.3, -0.25) is 0 Å². The Balaban J connectivity index is 0. The fourth-order valence-electron chi connectivity index (χ4n) is 1.15. The normalized spacial score (nSPS) is 12.2. The van der Waals surface area contributed by atoms with E-state index in [0.29, 0.717) is 0 Å². The molecule has 2 N–H and O–H groups in total. The second-order valence-corrected chi connectivity index (χ2v) is 5.70. The summed E-state index contributed by atoms with van der Waals surface area (Å²) in [6, 6.07) is -0.917. The van der Waals surface area contributed by atoms with Gasteiger partial charge in [0.05, 0.1) is 0 Å². The average molecular weight is 291 g/mol. The molecule has 1 unspecified atom stereocenters. The summed E-state index contributed by atoms with van der Waals surface area (Å²) >= 11 is 0. The van der Waals surface area contributed by atoms with Crippen LogP contribution in [0.2, 0.25) is 0 Å². The Labute approximate surface area is 121 Å². The molecule has 0 aliphatic rings. The molecule has 0 heterocycles. The minimum atomic E-state index is -1.06. The van der Waals surface area contributed by atoms with Crippen LogP contribution in [0.3, 0.4) is 0 Å². The molecule has 0 bridgehead atoms. The van der Waals surface area contributed by atoms with E-state index in [0.717, 1.165) is 13.0 Å². The summed E-state index contributed by atoms with van der Waals surface area (Å²) in [6.07, 6.45) is 0.417. The van der Waals surface area contributed by atoms with Crippen molar-refractivity contribution in [2.24, 2.45) is 5.92 Å². The van der Waals surface area contributed by atoms with Crippen LogP contribution < -0.4 is 5.32 Å². The first-order valence-electron chi connectivity index (χ1n) is 6.76. The molecule has 0 aromatic carbocycles. The lowest BCUT2D eigenvalue weighted by Gasteiger charge is -2.23. The second-order valence-electron chi connectivity index (χ2n) is 5.70. The van der Waals surface area contributed by atoms with Crippen molar-refractivity contribution in [2.75, 3.05) is 13.7 Å². The first kappa shape index (κ1) is 21.0. The van der Waals surface area contributed by atoms with E-state index < -0.39 is 23.7 Å². The van der Waals surface area contributed by atoms with Crippen LogP contribution in [0.1, 0.15) is 48.0 Å². The smallest absolute Gasteiger partial charge is 0.408 e. The van der Waals surface area contributed by atoms with Gasteiger partial charge in [0.1, 0.15) is 11.6 Å². The van der Waals surface area contributed by atoms with Crippen LogP contribution in [0, 0.1) is 5.92 Å². The number of nitrogens with one attached hydrogen (secondary N) is 1. The molecular formula is C14H29NO5. The van der Waals surface area contributed by atoms with E-state index in [4.69, 9.17) is 14.6 Å². The molecule has 0 aromatic heterocycles. The summed E-state index contributed by atoms with van der Waals surface area (Å²) in [4.78, 5) is 22.1. The van der Waals surface area contributed by atoms with Crippen LogP contribution >= 0.6 is 0 Å². The summed E-state index contributed by atoms with van der Waals surface area (Å²) in [5.41, 5.74) is -0.621. The molecule has 0 spiro atoms. The monoisotopic (exact) mass is 291 g/mol. The van der Waals surface area contributed by atoms with Crippen molar-refractivity contribution in [1.82, 2.24) is 5.32 Å². The Morgan fingerprint density at radius 3 is 1.95 bits per heavy atom. The van der Waals surface area contributed by atoms with Gasteiger partial charge in [-0.05, 0) is 33.1 Å².